The van der Waals surface area contributed by atoms with Gasteiger partial charge in [-0.3, -0.25) is 4.79 Å². The van der Waals surface area contributed by atoms with Gasteiger partial charge < -0.3 is 5.32 Å². The Hall–Kier alpha value is -1.53. The average molecular weight is 251 g/mol. The molecule has 3 nitrogen and oxygen atoms in total. The van der Waals surface area contributed by atoms with Gasteiger partial charge in [0.25, 0.3) is 0 Å². The number of carbonyl (C=O) groups is 1. The fourth-order valence-electron chi connectivity index (χ4n) is 1.33. The van der Waals surface area contributed by atoms with Crippen molar-refractivity contribution in [2.45, 2.75) is 32.2 Å². The van der Waals surface area contributed by atoms with E-state index in [1.165, 1.54) is 0 Å². The SMILES string of the molecule is CC[C@](C)(C#N)NC(=O)Cc1ccc(Cl)cc1. The molecule has 1 aromatic rings. The second-order valence-corrected chi connectivity index (χ2v) is 4.59. The van der Waals surface area contributed by atoms with Crippen LogP contribution in [0.2, 0.25) is 5.02 Å². The Morgan fingerprint density at radius 3 is 2.53 bits per heavy atom. The van der Waals surface area contributed by atoms with Crippen LogP contribution in [0.25, 0.3) is 0 Å². The molecule has 0 aromatic heterocycles. The summed E-state index contributed by atoms with van der Waals surface area (Å²) in [6.07, 6.45) is 0.838. The molecule has 0 aliphatic heterocycles. The summed E-state index contributed by atoms with van der Waals surface area (Å²) in [6.45, 7) is 3.58. The second kappa shape index (κ2) is 5.70. The van der Waals surface area contributed by atoms with Crippen LogP contribution in [-0.2, 0) is 11.2 Å². The summed E-state index contributed by atoms with van der Waals surface area (Å²) in [6, 6.07) is 9.19. The molecule has 4 heteroatoms. The molecule has 0 heterocycles. The van der Waals surface area contributed by atoms with Crippen LogP contribution in [0.1, 0.15) is 25.8 Å². The maximum Gasteiger partial charge on any atom is 0.225 e. The van der Waals surface area contributed by atoms with Gasteiger partial charge >= 0.3 is 0 Å². The summed E-state index contributed by atoms with van der Waals surface area (Å²) in [5, 5.41) is 12.3. The lowest BCUT2D eigenvalue weighted by Crippen LogP contribution is -2.44. The highest BCUT2D eigenvalue weighted by atomic mass is 35.5. The Morgan fingerprint density at radius 1 is 1.47 bits per heavy atom. The number of hydrogen-bond donors (Lipinski definition) is 1. The lowest BCUT2D eigenvalue weighted by atomic mass is 10.0. The van der Waals surface area contributed by atoms with Gasteiger partial charge in [-0.1, -0.05) is 30.7 Å². The topological polar surface area (TPSA) is 52.9 Å². The monoisotopic (exact) mass is 250 g/mol. The zero-order valence-electron chi connectivity index (χ0n) is 9.96. The molecule has 0 bridgehead atoms. The maximum atomic E-state index is 11.7. The van der Waals surface area contributed by atoms with E-state index in [1.54, 1.807) is 31.2 Å². The number of nitrogens with one attached hydrogen (secondary N) is 1. The van der Waals surface area contributed by atoms with Crippen LogP contribution in [0.15, 0.2) is 24.3 Å². The highest BCUT2D eigenvalue weighted by Crippen LogP contribution is 2.11. The van der Waals surface area contributed by atoms with Crippen molar-refractivity contribution >= 4 is 17.5 Å². The first-order valence-electron chi connectivity index (χ1n) is 5.46. The Kier molecular flexibility index (Phi) is 4.53. The van der Waals surface area contributed by atoms with Crippen LogP contribution in [0.3, 0.4) is 0 Å². The van der Waals surface area contributed by atoms with E-state index in [0.29, 0.717) is 11.4 Å². The normalized spacial score (nSPS) is 13.5. The van der Waals surface area contributed by atoms with Crippen molar-refractivity contribution in [3.63, 3.8) is 0 Å². The van der Waals surface area contributed by atoms with Gasteiger partial charge in [0.05, 0.1) is 12.5 Å². The first kappa shape index (κ1) is 13.5. The van der Waals surface area contributed by atoms with Gasteiger partial charge in [0, 0.05) is 5.02 Å². The summed E-state index contributed by atoms with van der Waals surface area (Å²) in [4.78, 5) is 11.7. The molecule has 90 valence electrons. The molecular formula is C13H15ClN2O. The molecule has 17 heavy (non-hydrogen) atoms. The number of halogens is 1. The molecule has 0 fully saturated rings. The quantitative estimate of drug-likeness (QED) is 0.893. The largest absolute Gasteiger partial charge is 0.338 e. The van der Waals surface area contributed by atoms with E-state index in [0.717, 1.165) is 5.56 Å². The standard InChI is InChI=1S/C13H15ClN2O/c1-3-13(2,9-15)16-12(17)8-10-4-6-11(14)7-5-10/h4-7H,3,8H2,1-2H3,(H,16,17)/t13-/m1/s1. The molecule has 1 amide bonds. The fourth-order valence-corrected chi connectivity index (χ4v) is 1.46. The number of hydrogen-bond acceptors (Lipinski definition) is 2. The van der Waals surface area contributed by atoms with Crippen molar-refractivity contribution in [2.24, 2.45) is 0 Å². The Balaban J connectivity index is 2.62. The minimum Gasteiger partial charge on any atom is -0.338 e. The predicted octanol–water partition coefficient (Wildman–Crippen LogP) is 2.69. The number of amides is 1. The third-order valence-electron chi connectivity index (χ3n) is 2.65. The van der Waals surface area contributed by atoms with Crippen LogP contribution in [0.5, 0.6) is 0 Å². The lowest BCUT2D eigenvalue weighted by molar-refractivity contribution is -0.121. The molecule has 0 unspecified atom stereocenters. The van der Waals surface area contributed by atoms with Crippen molar-refractivity contribution in [3.8, 4) is 6.07 Å². The number of nitriles is 1. The van der Waals surface area contributed by atoms with Crippen molar-refractivity contribution in [2.75, 3.05) is 0 Å². The van der Waals surface area contributed by atoms with Gasteiger partial charge in [-0.2, -0.15) is 5.26 Å². The summed E-state index contributed by atoms with van der Waals surface area (Å²) >= 11 is 5.76. The van der Waals surface area contributed by atoms with E-state index in [1.807, 2.05) is 6.92 Å². The predicted molar refractivity (Wildman–Crippen MR) is 67.6 cm³/mol. The molecule has 0 radical (unpaired) electrons. The van der Waals surface area contributed by atoms with Gasteiger partial charge in [0.2, 0.25) is 5.91 Å². The lowest BCUT2D eigenvalue weighted by Gasteiger charge is -2.21. The summed E-state index contributed by atoms with van der Waals surface area (Å²) in [7, 11) is 0. The van der Waals surface area contributed by atoms with E-state index in [4.69, 9.17) is 16.9 Å². The van der Waals surface area contributed by atoms with Crippen LogP contribution in [0, 0.1) is 11.3 Å². The molecule has 0 saturated carbocycles. The molecule has 0 saturated heterocycles. The summed E-state index contributed by atoms with van der Waals surface area (Å²) < 4.78 is 0. The van der Waals surface area contributed by atoms with Gasteiger partial charge in [-0.15, -0.1) is 0 Å². The highest BCUT2D eigenvalue weighted by Gasteiger charge is 2.23. The number of benzene rings is 1. The van der Waals surface area contributed by atoms with Crippen LogP contribution in [0.4, 0.5) is 0 Å². The van der Waals surface area contributed by atoms with Gasteiger partial charge in [-0.25, -0.2) is 0 Å². The van der Waals surface area contributed by atoms with Crippen LogP contribution >= 0.6 is 11.6 Å². The molecule has 1 N–H and O–H groups in total. The highest BCUT2D eigenvalue weighted by molar-refractivity contribution is 6.30. The van der Waals surface area contributed by atoms with Crippen molar-refractivity contribution < 1.29 is 4.79 Å². The molecule has 0 spiro atoms. The first-order valence-corrected chi connectivity index (χ1v) is 5.83. The van der Waals surface area contributed by atoms with E-state index in [-0.39, 0.29) is 12.3 Å². The fraction of sp³-hybridized carbons (Fsp3) is 0.385. The molecule has 1 atom stereocenters. The Labute approximate surface area is 106 Å². The summed E-state index contributed by atoms with van der Waals surface area (Å²) in [5.41, 5.74) is 0.0899. The maximum absolute atomic E-state index is 11.7. The minimum atomic E-state index is -0.788. The van der Waals surface area contributed by atoms with E-state index >= 15 is 0 Å². The van der Waals surface area contributed by atoms with Crippen molar-refractivity contribution in [1.82, 2.24) is 5.32 Å². The van der Waals surface area contributed by atoms with Crippen molar-refractivity contribution in [3.05, 3.63) is 34.9 Å². The second-order valence-electron chi connectivity index (χ2n) is 4.15. The molecule has 0 aliphatic carbocycles. The van der Waals surface area contributed by atoms with E-state index in [2.05, 4.69) is 11.4 Å². The number of carbonyl (C=O) groups excluding carboxylic acids is 1. The zero-order valence-corrected chi connectivity index (χ0v) is 10.7. The van der Waals surface area contributed by atoms with Crippen LogP contribution < -0.4 is 5.32 Å². The third-order valence-corrected chi connectivity index (χ3v) is 2.90. The minimum absolute atomic E-state index is 0.154. The smallest absolute Gasteiger partial charge is 0.225 e. The number of nitrogens with zero attached hydrogens (tertiary/aromatic N) is 1. The summed E-state index contributed by atoms with van der Waals surface area (Å²) in [5.74, 6) is -0.154. The van der Waals surface area contributed by atoms with E-state index in [9.17, 15) is 4.79 Å². The number of rotatable bonds is 4. The zero-order chi connectivity index (χ0) is 12.9. The van der Waals surface area contributed by atoms with Crippen molar-refractivity contribution in [1.29, 1.82) is 5.26 Å². The molecule has 0 aliphatic rings. The van der Waals surface area contributed by atoms with Gasteiger partial charge in [0.15, 0.2) is 0 Å². The average Bonchev–Trinajstić information content (AvgIpc) is 2.32. The van der Waals surface area contributed by atoms with Gasteiger partial charge in [0.1, 0.15) is 5.54 Å². The molecule has 1 aromatic carbocycles. The Bertz CT molecular complexity index is 436. The van der Waals surface area contributed by atoms with Gasteiger partial charge in [-0.05, 0) is 31.0 Å². The Morgan fingerprint density at radius 2 is 2.06 bits per heavy atom. The molecule has 1 rings (SSSR count). The van der Waals surface area contributed by atoms with E-state index < -0.39 is 5.54 Å². The van der Waals surface area contributed by atoms with Crippen LogP contribution in [-0.4, -0.2) is 11.4 Å². The first-order chi connectivity index (χ1) is 7.99. The third kappa shape index (κ3) is 4.08. The molecular weight excluding hydrogens is 236 g/mol.